The predicted octanol–water partition coefficient (Wildman–Crippen LogP) is 2.31. The number of rotatable bonds is 4. The molecule has 1 aliphatic carbocycles. The van der Waals surface area contributed by atoms with Gasteiger partial charge in [0.15, 0.2) is 5.16 Å². The Kier molecular flexibility index (Phi) is 3.51. The molecule has 19 heavy (non-hydrogen) atoms. The summed E-state index contributed by atoms with van der Waals surface area (Å²) in [5.41, 5.74) is 0.696. The largest absolute Gasteiger partial charge is 0.392 e. The van der Waals surface area contributed by atoms with E-state index >= 15 is 0 Å². The number of aliphatic hydroxyl groups excluding tert-OH is 1. The van der Waals surface area contributed by atoms with Gasteiger partial charge in [0.2, 0.25) is 0 Å². The number of H-pyrrole nitrogens is 1. The number of nitrogens with one attached hydrogen (secondary N) is 1. The molecule has 2 N–H and O–H groups in total. The molecular weight excluding hydrogens is 330 g/mol. The average Bonchev–Trinajstić information content (AvgIpc) is 3.15. The molecule has 1 aromatic heterocycles. The molecule has 100 valence electrons. The summed E-state index contributed by atoms with van der Waals surface area (Å²) < 4.78 is 2.58. The predicted molar refractivity (Wildman–Crippen MR) is 75.3 cm³/mol. The van der Waals surface area contributed by atoms with E-state index in [4.69, 9.17) is 5.11 Å². The number of aliphatic hydroxyl groups is 1. The van der Waals surface area contributed by atoms with Gasteiger partial charge in [0.25, 0.3) is 0 Å². The Hall–Kier alpha value is -1.05. The van der Waals surface area contributed by atoms with Gasteiger partial charge in [0.1, 0.15) is 0 Å². The maximum Gasteiger partial charge on any atom is 0.344 e. The third kappa shape index (κ3) is 2.63. The van der Waals surface area contributed by atoms with Crippen molar-refractivity contribution >= 4 is 27.7 Å². The van der Waals surface area contributed by atoms with E-state index in [0.717, 1.165) is 27.8 Å². The van der Waals surface area contributed by atoms with E-state index in [-0.39, 0.29) is 12.3 Å². The van der Waals surface area contributed by atoms with Crippen molar-refractivity contribution in [3.8, 4) is 0 Å². The SMILES string of the molecule is O=c1[nH]nc(Sc2ccc(CO)c(Br)c2)n1C1CC1. The third-order valence-electron chi connectivity index (χ3n) is 2.99. The van der Waals surface area contributed by atoms with Crippen molar-refractivity contribution in [3.05, 3.63) is 38.7 Å². The van der Waals surface area contributed by atoms with Crippen molar-refractivity contribution in [2.24, 2.45) is 0 Å². The van der Waals surface area contributed by atoms with Crippen molar-refractivity contribution in [2.75, 3.05) is 0 Å². The summed E-state index contributed by atoms with van der Waals surface area (Å²) in [5.74, 6) is 0. The molecule has 1 aliphatic rings. The quantitative estimate of drug-likeness (QED) is 0.895. The molecule has 0 bridgehead atoms. The first-order valence-corrected chi connectivity index (χ1v) is 7.54. The maximum atomic E-state index is 11.7. The molecule has 0 unspecified atom stereocenters. The van der Waals surface area contributed by atoms with Crippen LogP contribution in [0.1, 0.15) is 24.4 Å². The fourth-order valence-electron chi connectivity index (χ4n) is 1.84. The Balaban J connectivity index is 1.89. The average molecular weight is 342 g/mol. The van der Waals surface area contributed by atoms with Crippen LogP contribution in [0.25, 0.3) is 0 Å². The van der Waals surface area contributed by atoms with Crippen LogP contribution in [0.3, 0.4) is 0 Å². The molecule has 0 aliphatic heterocycles. The van der Waals surface area contributed by atoms with Gasteiger partial charge in [-0.05, 0) is 42.3 Å². The van der Waals surface area contributed by atoms with Gasteiger partial charge < -0.3 is 5.11 Å². The Bertz CT molecular complexity index is 663. The van der Waals surface area contributed by atoms with Gasteiger partial charge in [-0.3, -0.25) is 4.57 Å². The first kappa shape index (κ1) is 13.0. The van der Waals surface area contributed by atoms with Crippen LogP contribution < -0.4 is 5.69 Å². The molecule has 1 aromatic carbocycles. The summed E-state index contributed by atoms with van der Waals surface area (Å²) in [6, 6.07) is 6.00. The number of nitrogens with zero attached hydrogens (tertiary/aromatic N) is 2. The number of hydrogen-bond acceptors (Lipinski definition) is 4. The Morgan fingerprint density at radius 3 is 2.95 bits per heavy atom. The number of aromatic nitrogens is 3. The molecule has 1 fully saturated rings. The van der Waals surface area contributed by atoms with Crippen LogP contribution in [0.4, 0.5) is 0 Å². The van der Waals surface area contributed by atoms with Crippen LogP contribution in [-0.4, -0.2) is 19.9 Å². The van der Waals surface area contributed by atoms with E-state index in [1.165, 1.54) is 11.8 Å². The van der Waals surface area contributed by atoms with Gasteiger partial charge in [-0.2, -0.15) is 0 Å². The molecule has 1 heterocycles. The third-order valence-corrected chi connectivity index (χ3v) is 4.69. The normalized spacial score (nSPS) is 14.8. The highest BCUT2D eigenvalue weighted by molar-refractivity contribution is 9.10. The molecule has 7 heteroatoms. The number of hydrogen-bond donors (Lipinski definition) is 2. The molecule has 2 aromatic rings. The maximum absolute atomic E-state index is 11.7. The lowest BCUT2D eigenvalue weighted by Crippen LogP contribution is -2.15. The number of halogens is 1. The van der Waals surface area contributed by atoms with Gasteiger partial charge in [0, 0.05) is 15.4 Å². The minimum atomic E-state index is -0.143. The second kappa shape index (κ2) is 5.15. The highest BCUT2D eigenvalue weighted by atomic mass is 79.9. The molecule has 0 amide bonds. The Morgan fingerprint density at radius 1 is 1.53 bits per heavy atom. The zero-order valence-electron chi connectivity index (χ0n) is 9.97. The fraction of sp³-hybridized carbons (Fsp3) is 0.333. The van der Waals surface area contributed by atoms with Crippen molar-refractivity contribution in [1.82, 2.24) is 14.8 Å². The van der Waals surface area contributed by atoms with Crippen LogP contribution in [0, 0.1) is 0 Å². The Labute approximate surface area is 122 Å². The van der Waals surface area contributed by atoms with E-state index in [1.54, 1.807) is 4.57 Å². The van der Waals surface area contributed by atoms with E-state index in [9.17, 15) is 4.79 Å². The minimum Gasteiger partial charge on any atom is -0.392 e. The van der Waals surface area contributed by atoms with Crippen LogP contribution in [0.5, 0.6) is 0 Å². The van der Waals surface area contributed by atoms with Gasteiger partial charge in [-0.15, -0.1) is 5.10 Å². The first-order valence-electron chi connectivity index (χ1n) is 5.93. The van der Waals surface area contributed by atoms with Crippen LogP contribution in [0.15, 0.2) is 37.5 Å². The zero-order valence-corrected chi connectivity index (χ0v) is 12.4. The highest BCUT2D eigenvalue weighted by Gasteiger charge is 2.28. The van der Waals surface area contributed by atoms with Gasteiger partial charge in [0.05, 0.1) is 6.61 Å². The lowest BCUT2D eigenvalue weighted by Gasteiger charge is -2.05. The fourth-order valence-corrected chi connectivity index (χ4v) is 3.44. The number of benzene rings is 1. The monoisotopic (exact) mass is 341 g/mol. The summed E-state index contributed by atoms with van der Waals surface area (Å²) in [6.45, 7) is 0.000711. The van der Waals surface area contributed by atoms with Gasteiger partial charge in [-0.25, -0.2) is 9.89 Å². The van der Waals surface area contributed by atoms with Gasteiger partial charge in [-0.1, -0.05) is 22.0 Å². The first-order chi connectivity index (χ1) is 9.19. The van der Waals surface area contributed by atoms with E-state index in [0.29, 0.717) is 11.2 Å². The van der Waals surface area contributed by atoms with E-state index < -0.39 is 0 Å². The van der Waals surface area contributed by atoms with Crippen molar-refractivity contribution in [1.29, 1.82) is 0 Å². The zero-order chi connectivity index (χ0) is 13.4. The second-order valence-electron chi connectivity index (χ2n) is 4.43. The molecule has 0 radical (unpaired) electrons. The van der Waals surface area contributed by atoms with Crippen molar-refractivity contribution in [2.45, 2.75) is 35.5 Å². The second-order valence-corrected chi connectivity index (χ2v) is 6.32. The van der Waals surface area contributed by atoms with Gasteiger partial charge >= 0.3 is 5.69 Å². The summed E-state index contributed by atoms with van der Waals surface area (Å²) in [5, 5.41) is 16.4. The molecule has 0 atom stereocenters. The van der Waals surface area contributed by atoms with E-state index in [1.807, 2.05) is 18.2 Å². The number of aromatic amines is 1. The lowest BCUT2D eigenvalue weighted by molar-refractivity contribution is 0.281. The molecule has 0 saturated heterocycles. The minimum absolute atomic E-state index is 0.000711. The van der Waals surface area contributed by atoms with Crippen LogP contribution in [0.2, 0.25) is 0 Å². The van der Waals surface area contributed by atoms with Crippen LogP contribution >= 0.6 is 27.7 Å². The standard InChI is InChI=1S/C12H12BrN3O2S/c13-10-5-9(4-1-7(10)6-17)19-12-15-14-11(18)16(12)8-2-3-8/h1,4-5,8,17H,2-3,6H2,(H,14,18). The molecule has 5 nitrogen and oxygen atoms in total. The summed E-state index contributed by atoms with van der Waals surface area (Å²) in [4.78, 5) is 12.6. The topological polar surface area (TPSA) is 70.9 Å². The summed E-state index contributed by atoms with van der Waals surface area (Å²) in [7, 11) is 0. The summed E-state index contributed by atoms with van der Waals surface area (Å²) >= 11 is 4.86. The lowest BCUT2D eigenvalue weighted by atomic mass is 10.2. The molecular formula is C12H12BrN3O2S. The summed E-state index contributed by atoms with van der Waals surface area (Å²) in [6.07, 6.45) is 2.08. The van der Waals surface area contributed by atoms with Crippen molar-refractivity contribution in [3.63, 3.8) is 0 Å². The van der Waals surface area contributed by atoms with Crippen molar-refractivity contribution < 1.29 is 5.11 Å². The van der Waals surface area contributed by atoms with Crippen LogP contribution in [-0.2, 0) is 6.61 Å². The highest BCUT2D eigenvalue weighted by Crippen LogP contribution is 2.38. The smallest absolute Gasteiger partial charge is 0.344 e. The molecule has 1 saturated carbocycles. The molecule has 3 rings (SSSR count). The van der Waals surface area contributed by atoms with E-state index in [2.05, 4.69) is 26.1 Å². The molecule has 0 spiro atoms. The Morgan fingerprint density at radius 2 is 2.32 bits per heavy atom.